The Morgan fingerprint density at radius 3 is 2.75 bits per heavy atom. The van der Waals surface area contributed by atoms with Crippen molar-refractivity contribution in [2.75, 3.05) is 31.2 Å². The van der Waals surface area contributed by atoms with Gasteiger partial charge in [0, 0.05) is 25.1 Å². The number of rotatable bonds is 2. The van der Waals surface area contributed by atoms with Gasteiger partial charge in [-0.2, -0.15) is 0 Å². The minimum Gasteiger partial charge on any atom is -0.378 e. The molecular formula is C11H13ClN3O. The second-order valence-electron chi connectivity index (χ2n) is 4.10. The summed E-state index contributed by atoms with van der Waals surface area (Å²) in [5.41, 5.74) is 1.04. The molecule has 85 valence electrons. The fraction of sp³-hybridized carbons (Fsp3) is 0.545. The number of hydrogen-bond acceptors (Lipinski definition) is 4. The van der Waals surface area contributed by atoms with Gasteiger partial charge in [0.1, 0.15) is 5.82 Å². The van der Waals surface area contributed by atoms with E-state index >= 15 is 0 Å². The second-order valence-corrected chi connectivity index (χ2v) is 4.44. The van der Waals surface area contributed by atoms with Gasteiger partial charge in [-0.1, -0.05) is 0 Å². The van der Waals surface area contributed by atoms with Crippen LogP contribution in [0.4, 0.5) is 5.82 Å². The number of halogens is 1. The minimum absolute atomic E-state index is 0.347. The molecule has 1 aromatic heterocycles. The van der Waals surface area contributed by atoms with Gasteiger partial charge >= 0.3 is 0 Å². The largest absolute Gasteiger partial charge is 0.378 e. The van der Waals surface area contributed by atoms with E-state index in [2.05, 4.69) is 21.3 Å². The van der Waals surface area contributed by atoms with E-state index in [0.29, 0.717) is 11.2 Å². The van der Waals surface area contributed by atoms with Crippen molar-refractivity contribution in [1.82, 2.24) is 9.97 Å². The summed E-state index contributed by atoms with van der Waals surface area (Å²) in [7, 11) is 0. The van der Waals surface area contributed by atoms with Crippen LogP contribution in [0.15, 0.2) is 6.07 Å². The third kappa shape index (κ3) is 2.13. The minimum atomic E-state index is 0.347. The van der Waals surface area contributed by atoms with Gasteiger partial charge in [0.25, 0.3) is 0 Å². The first kappa shape index (κ1) is 10.3. The van der Waals surface area contributed by atoms with Crippen molar-refractivity contribution in [2.24, 2.45) is 0 Å². The normalized spacial score (nSPS) is 21.2. The molecule has 2 aliphatic rings. The third-order valence-corrected chi connectivity index (χ3v) is 3.06. The van der Waals surface area contributed by atoms with Gasteiger partial charge in [-0.05, 0) is 24.4 Å². The first-order valence-electron chi connectivity index (χ1n) is 5.53. The highest BCUT2D eigenvalue weighted by Gasteiger charge is 2.27. The molecule has 0 aromatic carbocycles. The first-order valence-corrected chi connectivity index (χ1v) is 5.91. The molecule has 0 spiro atoms. The lowest BCUT2D eigenvalue weighted by Gasteiger charge is -2.28. The lowest BCUT2D eigenvalue weighted by Crippen LogP contribution is -2.36. The van der Waals surface area contributed by atoms with E-state index in [1.165, 1.54) is 0 Å². The smallest absolute Gasteiger partial charge is 0.224 e. The molecule has 0 N–H and O–H groups in total. The van der Waals surface area contributed by atoms with E-state index < -0.39 is 0 Å². The van der Waals surface area contributed by atoms with Gasteiger partial charge in [0.05, 0.1) is 18.9 Å². The summed E-state index contributed by atoms with van der Waals surface area (Å²) in [6.45, 7) is 3.27. The molecule has 16 heavy (non-hydrogen) atoms. The molecule has 0 amide bonds. The van der Waals surface area contributed by atoms with Crippen molar-refractivity contribution in [3.8, 4) is 0 Å². The zero-order chi connectivity index (χ0) is 11.0. The maximum absolute atomic E-state index is 5.95. The highest BCUT2D eigenvalue weighted by molar-refractivity contribution is 6.28. The number of ether oxygens (including phenoxy) is 1. The van der Waals surface area contributed by atoms with Gasteiger partial charge in [0.2, 0.25) is 5.28 Å². The number of nitrogens with zero attached hydrogens (tertiary/aromatic N) is 3. The summed E-state index contributed by atoms with van der Waals surface area (Å²) < 4.78 is 5.32. The molecule has 2 heterocycles. The summed E-state index contributed by atoms with van der Waals surface area (Å²) in [6.07, 6.45) is 3.33. The number of anilines is 1. The van der Waals surface area contributed by atoms with E-state index in [1.807, 2.05) is 6.07 Å². The number of aromatic nitrogens is 2. The van der Waals surface area contributed by atoms with Crippen molar-refractivity contribution < 1.29 is 4.74 Å². The Hall–Kier alpha value is -0.870. The van der Waals surface area contributed by atoms with Crippen LogP contribution in [0.1, 0.15) is 18.0 Å². The molecular weight excluding hydrogens is 226 g/mol. The van der Waals surface area contributed by atoms with E-state index in [-0.39, 0.29) is 0 Å². The van der Waals surface area contributed by atoms with Crippen LogP contribution < -0.4 is 4.90 Å². The SMILES string of the molecule is Clc1nc(C2[CH]C2)cc(N2CCOCC2)n1. The van der Waals surface area contributed by atoms with E-state index in [1.54, 1.807) is 0 Å². The summed E-state index contributed by atoms with van der Waals surface area (Å²) in [5.74, 6) is 1.42. The summed E-state index contributed by atoms with van der Waals surface area (Å²) in [4.78, 5) is 10.7. The summed E-state index contributed by atoms with van der Waals surface area (Å²) in [6, 6.07) is 2.05. The Labute approximate surface area is 99.6 Å². The molecule has 1 aliphatic heterocycles. The van der Waals surface area contributed by atoms with Gasteiger partial charge in [0.15, 0.2) is 0 Å². The summed E-state index contributed by atoms with van der Waals surface area (Å²) in [5, 5.41) is 0.347. The van der Waals surface area contributed by atoms with Crippen LogP contribution in [0.2, 0.25) is 5.28 Å². The average molecular weight is 239 g/mol. The van der Waals surface area contributed by atoms with Crippen LogP contribution in [-0.4, -0.2) is 36.3 Å². The molecule has 1 saturated carbocycles. The standard InChI is InChI=1S/C11H13ClN3O/c12-11-13-9(8-1-2-8)7-10(14-11)15-3-5-16-6-4-15/h1,7-8H,2-6H2. The quantitative estimate of drug-likeness (QED) is 0.735. The second kappa shape index (κ2) is 4.18. The van der Waals surface area contributed by atoms with Gasteiger partial charge in [-0.25, -0.2) is 9.97 Å². The van der Waals surface area contributed by atoms with Crippen LogP contribution in [0, 0.1) is 6.42 Å². The maximum Gasteiger partial charge on any atom is 0.224 e. The Balaban J connectivity index is 1.86. The van der Waals surface area contributed by atoms with Crippen LogP contribution in [0.5, 0.6) is 0 Å². The lowest BCUT2D eigenvalue weighted by atomic mass is 10.2. The van der Waals surface area contributed by atoms with Gasteiger partial charge in [-0.15, -0.1) is 0 Å². The first-order chi connectivity index (χ1) is 7.83. The zero-order valence-corrected chi connectivity index (χ0v) is 9.65. The summed E-state index contributed by atoms with van der Waals surface area (Å²) >= 11 is 5.95. The molecule has 1 aliphatic carbocycles. The van der Waals surface area contributed by atoms with Gasteiger partial charge in [-0.3, -0.25) is 0 Å². The topological polar surface area (TPSA) is 38.2 Å². The fourth-order valence-electron chi connectivity index (χ4n) is 1.88. The molecule has 1 saturated heterocycles. The average Bonchev–Trinajstić information content (AvgIpc) is 3.13. The molecule has 5 heteroatoms. The molecule has 1 unspecified atom stereocenters. The van der Waals surface area contributed by atoms with Crippen molar-refractivity contribution in [3.63, 3.8) is 0 Å². The number of hydrogen-bond donors (Lipinski definition) is 0. The maximum atomic E-state index is 5.95. The Morgan fingerprint density at radius 1 is 1.31 bits per heavy atom. The predicted octanol–water partition coefficient (Wildman–Crippen LogP) is 1.66. The Morgan fingerprint density at radius 2 is 2.06 bits per heavy atom. The highest BCUT2D eigenvalue weighted by atomic mass is 35.5. The zero-order valence-electron chi connectivity index (χ0n) is 8.90. The molecule has 1 atom stereocenters. The molecule has 3 rings (SSSR count). The van der Waals surface area contributed by atoms with E-state index in [0.717, 1.165) is 44.2 Å². The molecule has 1 aromatic rings. The Bertz CT molecular complexity index is 389. The van der Waals surface area contributed by atoms with Crippen LogP contribution in [0.25, 0.3) is 0 Å². The fourth-order valence-corrected chi connectivity index (χ4v) is 2.06. The van der Waals surface area contributed by atoms with Gasteiger partial charge < -0.3 is 9.64 Å². The van der Waals surface area contributed by atoms with Crippen LogP contribution in [0.3, 0.4) is 0 Å². The Kier molecular flexibility index (Phi) is 2.69. The van der Waals surface area contributed by atoms with Crippen molar-refractivity contribution in [3.05, 3.63) is 23.5 Å². The molecule has 2 fully saturated rings. The molecule has 0 bridgehead atoms. The van der Waals surface area contributed by atoms with Crippen molar-refractivity contribution >= 4 is 17.4 Å². The molecule has 1 radical (unpaired) electrons. The number of morpholine rings is 1. The predicted molar refractivity (Wildman–Crippen MR) is 61.7 cm³/mol. The lowest BCUT2D eigenvalue weighted by molar-refractivity contribution is 0.122. The van der Waals surface area contributed by atoms with Crippen LogP contribution >= 0.6 is 11.6 Å². The van der Waals surface area contributed by atoms with Crippen LogP contribution in [-0.2, 0) is 4.74 Å². The van der Waals surface area contributed by atoms with Crippen molar-refractivity contribution in [1.29, 1.82) is 0 Å². The van der Waals surface area contributed by atoms with E-state index in [9.17, 15) is 0 Å². The third-order valence-electron chi connectivity index (χ3n) is 2.89. The highest BCUT2D eigenvalue weighted by Crippen LogP contribution is 2.38. The molecule has 4 nitrogen and oxygen atoms in total. The van der Waals surface area contributed by atoms with Crippen molar-refractivity contribution in [2.45, 2.75) is 12.3 Å². The monoisotopic (exact) mass is 238 g/mol. The van der Waals surface area contributed by atoms with E-state index in [4.69, 9.17) is 16.3 Å².